The van der Waals surface area contributed by atoms with Crippen molar-refractivity contribution in [2.24, 2.45) is 11.8 Å². The van der Waals surface area contributed by atoms with E-state index in [1.807, 2.05) is 27.7 Å². The molecule has 0 radical (unpaired) electrons. The highest BCUT2D eigenvalue weighted by Gasteiger charge is 2.22. The van der Waals surface area contributed by atoms with E-state index < -0.39 is 35.4 Å². The van der Waals surface area contributed by atoms with Crippen LogP contribution in [0.5, 0.6) is 5.88 Å². The van der Waals surface area contributed by atoms with Gasteiger partial charge in [-0.15, -0.1) is 0 Å². The molecule has 25 heavy (non-hydrogen) atoms. The summed E-state index contributed by atoms with van der Waals surface area (Å²) in [5.41, 5.74) is -1.16. The van der Waals surface area contributed by atoms with Crippen LogP contribution in [-0.2, 0) is 17.8 Å². The molecule has 0 saturated carbocycles. The summed E-state index contributed by atoms with van der Waals surface area (Å²) in [5.74, 6) is -1.65. The molecule has 1 aromatic heterocycles. The molecule has 3 N–H and O–H groups in total. The summed E-state index contributed by atoms with van der Waals surface area (Å²) in [6, 6.07) is 0. The van der Waals surface area contributed by atoms with Crippen molar-refractivity contribution in [2.75, 3.05) is 6.54 Å². The Kier molecular flexibility index (Phi) is 7.60. The van der Waals surface area contributed by atoms with Crippen molar-refractivity contribution in [2.45, 2.75) is 53.5 Å². The van der Waals surface area contributed by atoms with Crippen LogP contribution in [0.25, 0.3) is 0 Å². The number of carbonyl (C=O) groups excluding carboxylic acids is 1. The second-order valence-corrected chi connectivity index (χ2v) is 6.87. The number of hydrogen-bond donors (Lipinski definition) is 3. The van der Waals surface area contributed by atoms with Gasteiger partial charge >= 0.3 is 5.97 Å². The first-order chi connectivity index (χ1) is 11.6. The van der Waals surface area contributed by atoms with Crippen LogP contribution < -0.4 is 10.9 Å². The molecule has 0 unspecified atom stereocenters. The van der Waals surface area contributed by atoms with Gasteiger partial charge in [-0.3, -0.25) is 19.0 Å². The van der Waals surface area contributed by atoms with Gasteiger partial charge in [0.05, 0.1) is 0 Å². The molecule has 0 saturated heterocycles. The van der Waals surface area contributed by atoms with Crippen molar-refractivity contribution >= 4 is 11.9 Å². The van der Waals surface area contributed by atoms with E-state index in [9.17, 15) is 19.5 Å². The summed E-state index contributed by atoms with van der Waals surface area (Å²) >= 11 is 0. The van der Waals surface area contributed by atoms with Crippen molar-refractivity contribution in [1.29, 1.82) is 0 Å². The number of carbonyl (C=O) groups is 2. The first-order valence-corrected chi connectivity index (χ1v) is 8.46. The Morgan fingerprint density at radius 3 is 2.28 bits per heavy atom. The van der Waals surface area contributed by atoms with Crippen LogP contribution >= 0.6 is 0 Å². The number of amides is 1. The van der Waals surface area contributed by atoms with E-state index in [0.29, 0.717) is 30.6 Å². The van der Waals surface area contributed by atoms with E-state index in [1.54, 1.807) is 0 Å². The number of aryl methyl sites for hydroxylation is 1. The van der Waals surface area contributed by atoms with Gasteiger partial charge in [0.2, 0.25) is 5.88 Å². The second kappa shape index (κ2) is 9.19. The lowest BCUT2D eigenvalue weighted by atomic mass is 10.1. The Balaban J connectivity index is 3.26. The lowest BCUT2D eigenvalue weighted by molar-refractivity contribution is -0.135. The molecule has 1 rings (SSSR count). The van der Waals surface area contributed by atoms with E-state index in [2.05, 4.69) is 10.3 Å². The Labute approximate surface area is 146 Å². The average Bonchev–Trinajstić information content (AvgIpc) is 2.49. The maximum Gasteiger partial charge on any atom is 0.322 e. The van der Waals surface area contributed by atoms with Crippen LogP contribution in [0, 0.1) is 11.8 Å². The number of carboxylic acids is 1. The fourth-order valence-corrected chi connectivity index (χ4v) is 2.26. The predicted molar refractivity (Wildman–Crippen MR) is 92.7 cm³/mol. The predicted octanol–water partition coefficient (Wildman–Crippen LogP) is 1.40. The minimum Gasteiger partial charge on any atom is -0.493 e. The molecule has 0 spiro atoms. The molecule has 0 aliphatic heterocycles. The van der Waals surface area contributed by atoms with Crippen molar-refractivity contribution < 1.29 is 19.8 Å². The minimum atomic E-state index is -1.24. The second-order valence-electron chi connectivity index (χ2n) is 6.87. The summed E-state index contributed by atoms with van der Waals surface area (Å²) in [6.07, 6.45) is 2.02. The molecule has 0 atom stereocenters. The van der Waals surface area contributed by atoms with Gasteiger partial charge in [0.25, 0.3) is 11.5 Å². The third-order valence-electron chi connectivity index (χ3n) is 3.73. The number of aliphatic carboxylic acids is 1. The minimum absolute atomic E-state index is 0.350. The van der Waals surface area contributed by atoms with Crippen molar-refractivity contribution in [3.05, 3.63) is 21.7 Å². The van der Waals surface area contributed by atoms with Crippen LogP contribution in [0.2, 0.25) is 0 Å². The average molecular weight is 353 g/mol. The fourth-order valence-electron chi connectivity index (χ4n) is 2.26. The highest BCUT2D eigenvalue weighted by atomic mass is 16.4. The Morgan fingerprint density at radius 1 is 1.16 bits per heavy atom. The molecule has 1 amide bonds. The summed E-state index contributed by atoms with van der Waals surface area (Å²) in [6.45, 7) is 7.88. The fraction of sp³-hybridized carbons (Fsp3) is 0.647. The van der Waals surface area contributed by atoms with E-state index >= 15 is 0 Å². The molecule has 0 aliphatic rings. The van der Waals surface area contributed by atoms with Gasteiger partial charge in [0, 0.05) is 13.0 Å². The zero-order valence-corrected chi connectivity index (χ0v) is 15.2. The smallest absolute Gasteiger partial charge is 0.322 e. The maximum atomic E-state index is 12.7. The molecular formula is C17H27N3O5. The van der Waals surface area contributed by atoms with Gasteiger partial charge < -0.3 is 15.5 Å². The van der Waals surface area contributed by atoms with Crippen LogP contribution in [0.1, 0.15) is 56.7 Å². The number of aromatic hydroxyl groups is 1. The highest BCUT2D eigenvalue weighted by molar-refractivity contribution is 5.97. The van der Waals surface area contributed by atoms with Crippen LogP contribution in [0.15, 0.2) is 4.79 Å². The van der Waals surface area contributed by atoms with E-state index in [-0.39, 0.29) is 0 Å². The molecule has 1 aromatic rings. The zero-order chi connectivity index (χ0) is 19.1. The van der Waals surface area contributed by atoms with Gasteiger partial charge in [-0.1, -0.05) is 27.7 Å². The Hall–Kier alpha value is -2.38. The summed E-state index contributed by atoms with van der Waals surface area (Å²) in [5, 5.41) is 20.8. The SMILES string of the molecule is CC(C)CCc1nc(O)c(C(=O)NCC(=O)O)c(=O)n1CCC(C)C. The third kappa shape index (κ3) is 6.21. The van der Waals surface area contributed by atoms with Crippen molar-refractivity contribution in [3.8, 4) is 5.88 Å². The molecule has 0 fully saturated rings. The lowest BCUT2D eigenvalue weighted by Gasteiger charge is -2.16. The lowest BCUT2D eigenvalue weighted by Crippen LogP contribution is -2.37. The number of rotatable bonds is 9. The highest BCUT2D eigenvalue weighted by Crippen LogP contribution is 2.15. The van der Waals surface area contributed by atoms with E-state index in [1.165, 1.54) is 4.57 Å². The van der Waals surface area contributed by atoms with Gasteiger partial charge in [-0.2, -0.15) is 4.98 Å². The molecule has 0 aliphatic carbocycles. The molecule has 1 heterocycles. The van der Waals surface area contributed by atoms with Crippen molar-refractivity contribution in [3.63, 3.8) is 0 Å². The van der Waals surface area contributed by atoms with Gasteiger partial charge in [-0.05, 0) is 24.7 Å². The quantitative estimate of drug-likeness (QED) is 0.617. The Bertz CT molecular complexity index is 680. The molecular weight excluding hydrogens is 326 g/mol. The van der Waals surface area contributed by atoms with Crippen LogP contribution in [-0.4, -0.2) is 38.2 Å². The number of hydrogen-bond acceptors (Lipinski definition) is 5. The van der Waals surface area contributed by atoms with E-state index in [4.69, 9.17) is 5.11 Å². The standard InChI is InChI=1S/C17H27N3O5/c1-10(2)5-6-12-19-16(24)14(15(23)18-9-13(21)22)17(25)20(12)8-7-11(3)4/h10-11,24H,5-9H2,1-4H3,(H,18,23)(H,21,22). The third-order valence-corrected chi connectivity index (χ3v) is 3.73. The molecule has 140 valence electrons. The summed E-state index contributed by atoms with van der Waals surface area (Å²) in [4.78, 5) is 39.4. The van der Waals surface area contributed by atoms with Gasteiger partial charge in [-0.25, -0.2) is 0 Å². The topological polar surface area (TPSA) is 122 Å². The Morgan fingerprint density at radius 2 is 1.76 bits per heavy atom. The van der Waals surface area contributed by atoms with Gasteiger partial charge in [0.1, 0.15) is 12.4 Å². The normalized spacial score (nSPS) is 11.1. The summed E-state index contributed by atoms with van der Waals surface area (Å²) < 4.78 is 1.41. The largest absolute Gasteiger partial charge is 0.493 e. The van der Waals surface area contributed by atoms with Gasteiger partial charge in [0.15, 0.2) is 5.56 Å². The number of nitrogens with one attached hydrogen (secondary N) is 1. The number of aromatic nitrogens is 2. The number of nitrogens with zero attached hydrogens (tertiary/aromatic N) is 2. The maximum absolute atomic E-state index is 12.7. The molecule has 0 aromatic carbocycles. The molecule has 8 heteroatoms. The van der Waals surface area contributed by atoms with Crippen LogP contribution in [0.3, 0.4) is 0 Å². The first-order valence-electron chi connectivity index (χ1n) is 8.46. The number of carboxylic acid groups (broad SMARTS) is 1. The van der Waals surface area contributed by atoms with Crippen LogP contribution in [0.4, 0.5) is 0 Å². The van der Waals surface area contributed by atoms with E-state index in [0.717, 1.165) is 12.8 Å². The first kappa shape index (κ1) is 20.7. The van der Waals surface area contributed by atoms with Crippen molar-refractivity contribution in [1.82, 2.24) is 14.9 Å². The summed E-state index contributed by atoms with van der Waals surface area (Å²) in [7, 11) is 0. The molecule has 0 bridgehead atoms. The molecule has 8 nitrogen and oxygen atoms in total. The monoisotopic (exact) mass is 353 g/mol. The zero-order valence-electron chi connectivity index (χ0n) is 15.2.